The maximum Gasteiger partial charge on any atom is 0.511 e. The third-order valence-corrected chi connectivity index (χ3v) is 5.96. The van der Waals surface area contributed by atoms with Crippen molar-refractivity contribution in [3.8, 4) is 16.6 Å². The zero-order valence-corrected chi connectivity index (χ0v) is 15.2. The molecule has 6 heterocycles. The highest BCUT2D eigenvalue weighted by atomic mass is 32.1. The predicted molar refractivity (Wildman–Crippen MR) is 103 cm³/mol. The summed E-state index contributed by atoms with van der Waals surface area (Å²) in [5.41, 5.74) is 5.74. The minimum atomic E-state index is 0.480. The zero-order chi connectivity index (χ0) is 17.8. The maximum atomic E-state index is 5.79. The molecular weight excluding hydrogens is 380 g/mol. The van der Waals surface area contributed by atoms with Gasteiger partial charge >= 0.3 is 11.7 Å². The van der Waals surface area contributed by atoms with Crippen LogP contribution in [0.15, 0.2) is 59.0 Å². The molecule has 0 aliphatic rings. The van der Waals surface area contributed by atoms with Crippen LogP contribution < -0.4 is 4.57 Å². The van der Waals surface area contributed by atoms with Crippen LogP contribution in [0.4, 0.5) is 0 Å². The molecule has 0 spiro atoms. The summed E-state index contributed by atoms with van der Waals surface area (Å²) in [4.78, 5) is 22.0. The molecule has 9 heteroatoms. The van der Waals surface area contributed by atoms with Gasteiger partial charge in [-0.25, -0.2) is 19.9 Å². The average Bonchev–Trinajstić information content (AvgIpc) is 3.42. The van der Waals surface area contributed by atoms with E-state index in [1.54, 1.807) is 34.4 Å². The molecule has 0 radical (unpaired) electrons. The summed E-state index contributed by atoms with van der Waals surface area (Å²) in [6, 6.07) is 8.20. The van der Waals surface area contributed by atoms with Crippen LogP contribution in [0, 0.1) is 0 Å². The highest BCUT2D eigenvalue weighted by molar-refractivity contribution is 7.21. The minimum Gasteiger partial charge on any atom is -0.382 e. The van der Waals surface area contributed by atoms with E-state index in [2.05, 4.69) is 26.0 Å². The molecule has 0 N–H and O–H groups in total. The molecule has 0 fully saturated rings. The molecule has 0 bridgehead atoms. The number of oxazole rings is 1. The van der Waals surface area contributed by atoms with Gasteiger partial charge < -0.3 is 4.42 Å². The Labute approximate surface area is 159 Å². The Morgan fingerprint density at radius 3 is 2.96 bits per heavy atom. The Morgan fingerprint density at radius 1 is 1.00 bits per heavy atom. The summed E-state index contributed by atoms with van der Waals surface area (Å²) in [6.45, 7) is 0. The van der Waals surface area contributed by atoms with Gasteiger partial charge in [0.25, 0.3) is 0 Å². The number of nitrogens with zero attached hydrogens (tertiary/aromatic N) is 6. The molecule has 6 aromatic rings. The van der Waals surface area contributed by atoms with E-state index in [-0.39, 0.29) is 0 Å². The van der Waals surface area contributed by atoms with Gasteiger partial charge in [0.05, 0.1) is 20.4 Å². The van der Waals surface area contributed by atoms with Gasteiger partial charge in [-0.1, -0.05) is 0 Å². The number of thiazole rings is 2. The lowest BCUT2D eigenvalue weighted by Crippen LogP contribution is -2.29. The Balaban J connectivity index is 1.46. The number of aromatic nitrogens is 6. The third kappa shape index (κ3) is 2.40. The van der Waals surface area contributed by atoms with Crippen molar-refractivity contribution in [2.75, 3.05) is 0 Å². The second kappa shape index (κ2) is 5.60. The molecule has 27 heavy (non-hydrogen) atoms. The number of hydrogen-bond acceptors (Lipinski definition) is 8. The lowest BCUT2D eigenvalue weighted by molar-refractivity contribution is -0.611. The van der Waals surface area contributed by atoms with Gasteiger partial charge in [0, 0.05) is 29.0 Å². The molecule has 0 saturated carbocycles. The molecule has 0 amide bonds. The Hall–Kier alpha value is -3.30. The van der Waals surface area contributed by atoms with E-state index in [0.29, 0.717) is 17.2 Å². The molecule has 6 rings (SSSR count). The van der Waals surface area contributed by atoms with E-state index in [4.69, 9.17) is 9.40 Å². The topological polar surface area (TPSA) is 81.5 Å². The van der Waals surface area contributed by atoms with Crippen LogP contribution in [0.1, 0.15) is 0 Å². The van der Waals surface area contributed by atoms with E-state index in [9.17, 15) is 0 Å². The van der Waals surface area contributed by atoms with E-state index >= 15 is 0 Å². The third-order valence-electron chi connectivity index (χ3n) is 4.14. The number of rotatable bonds is 2. The van der Waals surface area contributed by atoms with Gasteiger partial charge in [-0.2, -0.15) is 4.57 Å². The fraction of sp³-hybridized carbons (Fsp3) is 0. The van der Waals surface area contributed by atoms with E-state index in [1.807, 2.05) is 41.4 Å². The van der Waals surface area contributed by atoms with Gasteiger partial charge in [0.15, 0.2) is 5.65 Å². The van der Waals surface area contributed by atoms with Crippen molar-refractivity contribution in [2.45, 2.75) is 0 Å². The molecule has 0 saturated heterocycles. The quantitative estimate of drug-likeness (QED) is 0.419. The molecule has 128 valence electrons. The molecule has 6 aromatic heterocycles. The maximum absolute atomic E-state index is 5.79. The lowest BCUT2D eigenvalue weighted by atomic mass is 10.3. The Bertz CT molecular complexity index is 1420. The highest BCUT2D eigenvalue weighted by Crippen LogP contribution is 2.31. The minimum absolute atomic E-state index is 0.480. The summed E-state index contributed by atoms with van der Waals surface area (Å²) in [5.74, 6) is 0. The first-order valence-corrected chi connectivity index (χ1v) is 9.76. The van der Waals surface area contributed by atoms with Crippen molar-refractivity contribution in [1.29, 1.82) is 0 Å². The van der Waals surface area contributed by atoms with Crippen LogP contribution in [0.2, 0.25) is 0 Å². The highest BCUT2D eigenvalue weighted by Gasteiger charge is 2.19. The first kappa shape index (κ1) is 14.8. The summed E-state index contributed by atoms with van der Waals surface area (Å²) >= 11 is 3.18. The normalized spacial score (nSPS) is 11.7. The largest absolute Gasteiger partial charge is 0.511 e. The van der Waals surface area contributed by atoms with Crippen LogP contribution in [0.5, 0.6) is 0 Å². The van der Waals surface area contributed by atoms with Crippen molar-refractivity contribution in [2.24, 2.45) is 0 Å². The summed E-state index contributed by atoms with van der Waals surface area (Å²) in [6.07, 6.45) is 7.38. The van der Waals surface area contributed by atoms with Gasteiger partial charge in [-0.3, -0.25) is 0 Å². The summed E-state index contributed by atoms with van der Waals surface area (Å²) < 4.78 is 9.73. The summed E-state index contributed by atoms with van der Waals surface area (Å²) in [5, 5.41) is 0.921. The number of fused-ring (bicyclic) bond motifs is 3. The molecule has 0 atom stereocenters. The lowest BCUT2D eigenvalue weighted by Gasteiger charge is -1.94. The van der Waals surface area contributed by atoms with Gasteiger partial charge in [0.1, 0.15) is 17.4 Å². The molecule has 0 aliphatic heterocycles. The van der Waals surface area contributed by atoms with Crippen molar-refractivity contribution >= 4 is 54.5 Å². The monoisotopic (exact) mass is 389 g/mol. The zero-order valence-electron chi connectivity index (χ0n) is 13.6. The Morgan fingerprint density at radius 2 is 2.00 bits per heavy atom. The van der Waals surface area contributed by atoms with E-state index in [1.165, 1.54) is 0 Å². The standard InChI is InChI=1S/C18H9N6OS2/c1-2-12-15(19-4-1)23-18(25-12)24-5-3-11-14(8-24)27-17(22-11)10-6-13-16(20-7-10)21-9-26-13/h1-9H/q+1. The van der Waals surface area contributed by atoms with E-state index < -0.39 is 0 Å². The number of pyridine rings is 3. The average molecular weight is 389 g/mol. The molecular formula is C18H9N6OS2+. The van der Waals surface area contributed by atoms with Crippen LogP contribution in [0.25, 0.3) is 48.4 Å². The first-order chi connectivity index (χ1) is 13.3. The van der Waals surface area contributed by atoms with Crippen LogP contribution in [0.3, 0.4) is 0 Å². The fourth-order valence-electron chi connectivity index (χ4n) is 2.86. The van der Waals surface area contributed by atoms with Crippen molar-refractivity contribution < 1.29 is 8.98 Å². The second-order valence-electron chi connectivity index (χ2n) is 5.84. The van der Waals surface area contributed by atoms with Crippen molar-refractivity contribution in [3.63, 3.8) is 0 Å². The smallest absolute Gasteiger partial charge is 0.382 e. The van der Waals surface area contributed by atoms with E-state index in [0.717, 1.165) is 31.1 Å². The fourth-order valence-corrected chi connectivity index (χ4v) is 4.50. The predicted octanol–water partition coefficient (Wildman–Crippen LogP) is 3.78. The van der Waals surface area contributed by atoms with Gasteiger partial charge in [-0.05, 0) is 18.2 Å². The molecule has 0 aromatic carbocycles. The van der Waals surface area contributed by atoms with Crippen LogP contribution in [-0.2, 0) is 0 Å². The molecule has 7 nitrogen and oxygen atoms in total. The molecule has 0 aliphatic carbocycles. The first-order valence-electron chi connectivity index (χ1n) is 8.07. The van der Waals surface area contributed by atoms with Crippen molar-refractivity contribution in [3.05, 3.63) is 54.6 Å². The van der Waals surface area contributed by atoms with Crippen LogP contribution >= 0.6 is 22.7 Å². The van der Waals surface area contributed by atoms with Gasteiger partial charge in [-0.15, -0.1) is 22.7 Å². The summed E-state index contributed by atoms with van der Waals surface area (Å²) in [7, 11) is 0. The SMILES string of the molecule is c1cnc2nc(-[n+]3ccc4nc(-c5cnc6ncsc6c5)sc4c3)oc2c1. The van der Waals surface area contributed by atoms with Gasteiger partial charge in [0.2, 0.25) is 5.58 Å². The molecule has 0 unspecified atom stereocenters. The second-order valence-corrected chi connectivity index (χ2v) is 7.76. The number of hydrogen-bond donors (Lipinski definition) is 0. The Kier molecular flexibility index (Phi) is 3.07. The van der Waals surface area contributed by atoms with Crippen LogP contribution in [-0.4, -0.2) is 24.9 Å². The van der Waals surface area contributed by atoms with Crippen molar-refractivity contribution in [1.82, 2.24) is 24.9 Å².